The number of hydrogen-bond donors (Lipinski definition) is 2. The van der Waals surface area contributed by atoms with E-state index in [1.54, 1.807) is 16.1 Å². The van der Waals surface area contributed by atoms with E-state index in [0.717, 1.165) is 59.3 Å². The molecule has 38 heavy (non-hydrogen) atoms. The molecule has 5 rings (SSSR count). The van der Waals surface area contributed by atoms with Gasteiger partial charge in [0.05, 0.1) is 21.7 Å². The normalized spacial score (nSPS) is 19.4. The molecule has 0 saturated heterocycles. The number of aromatic nitrogens is 6. The van der Waals surface area contributed by atoms with E-state index in [9.17, 15) is 5.11 Å². The van der Waals surface area contributed by atoms with Crippen LogP contribution in [0.25, 0.3) is 16.4 Å². The second kappa shape index (κ2) is 11.7. The Balaban J connectivity index is 1.34. The van der Waals surface area contributed by atoms with Gasteiger partial charge < -0.3 is 15.3 Å². The predicted octanol–water partition coefficient (Wildman–Crippen LogP) is 4.87. The second-order valence-corrected chi connectivity index (χ2v) is 11.6. The molecule has 0 spiro atoms. The van der Waals surface area contributed by atoms with Crippen LogP contribution in [0.4, 0.5) is 5.82 Å². The van der Waals surface area contributed by atoms with Crippen LogP contribution in [0, 0.1) is 0 Å². The Morgan fingerprint density at radius 2 is 1.84 bits per heavy atom. The van der Waals surface area contributed by atoms with Gasteiger partial charge in [0.25, 0.3) is 0 Å². The lowest BCUT2D eigenvalue weighted by molar-refractivity contribution is 0.126. The molecule has 1 saturated carbocycles. The van der Waals surface area contributed by atoms with Crippen LogP contribution in [0.2, 0.25) is 0 Å². The van der Waals surface area contributed by atoms with Crippen LogP contribution >= 0.6 is 11.3 Å². The number of aliphatic hydroxyl groups is 1. The van der Waals surface area contributed by atoms with Gasteiger partial charge in [0, 0.05) is 36.3 Å². The summed E-state index contributed by atoms with van der Waals surface area (Å²) in [4.78, 5) is 14.4. The molecular weight excluding hydrogens is 496 g/mol. The van der Waals surface area contributed by atoms with Gasteiger partial charge in [-0.2, -0.15) is 0 Å². The fourth-order valence-corrected chi connectivity index (χ4v) is 5.86. The molecule has 1 aromatic carbocycles. The lowest BCUT2D eigenvalue weighted by Crippen LogP contribution is -2.28. The lowest BCUT2D eigenvalue weighted by atomic mass is 9.91. The molecule has 200 valence electrons. The molecule has 0 radical (unpaired) electrons. The number of thiazole rings is 1. The molecule has 10 heteroatoms. The third-order valence-electron chi connectivity index (χ3n) is 7.20. The Morgan fingerprint density at radius 3 is 2.58 bits per heavy atom. The van der Waals surface area contributed by atoms with Crippen molar-refractivity contribution in [2.24, 2.45) is 0 Å². The third kappa shape index (κ3) is 6.25. The van der Waals surface area contributed by atoms with Crippen molar-refractivity contribution in [2.45, 2.75) is 70.1 Å². The molecule has 3 heterocycles. The Labute approximate surface area is 228 Å². The van der Waals surface area contributed by atoms with Gasteiger partial charge in [-0.25, -0.2) is 9.97 Å². The van der Waals surface area contributed by atoms with Gasteiger partial charge in [0.2, 0.25) is 5.82 Å². The molecule has 2 atom stereocenters. The van der Waals surface area contributed by atoms with Crippen LogP contribution < -0.4 is 5.32 Å². The van der Waals surface area contributed by atoms with E-state index in [1.165, 1.54) is 5.56 Å². The van der Waals surface area contributed by atoms with Crippen molar-refractivity contribution in [2.75, 3.05) is 19.4 Å². The second-order valence-electron chi connectivity index (χ2n) is 10.6. The first-order chi connectivity index (χ1) is 18.4. The minimum Gasteiger partial charge on any atom is -0.393 e. The molecule has 1 aliphatic rings. The van der Waals surface area contributed by atoms with E-state index in [-0.39, 0.29) is 17.9 Å². The largest absolute Gasteiger partial charge is 0.393 e. The Kier molecular flexibility index (Phi) is 8.11. The highest BCUT2D eigenvalue weighted by Crippen LogP contribution is 2.37. The summed E-state index contributed by atoms with van der Waals surface area (Å²) >= 11 is 1.61. The van der Waals surface area contributed by atoms with Crippen LogP contribution in [-0.2, 0) is 6.54 Å². The van der Waals surface area contributed by atoms with Crippen molar-refractivity contribution in [3.63, 3.8) is 0 Å². The molecule has 4 aromatic rings. The van der Waals surface area contributed by atoms with Crippen molar-refractivity contribution in [1.29, 1.82) is 0 Å². The van der Waals surface area contributed by atoms with Crippen LogP contribution in [0.15, 0.2) is 48.7 Å². The van der Waals surface area contributed by atoms with Crippen LogP contribution in [-0.4, -0.2) is 66.4 Å². The van der Waals surface area contributed by atoms with Crippen molar-refractivity contribution in [3.05, 3.63) is 64.9 Å². The van der Waals surface area contributed by atoms with E-state index in [0.29, 0.717) is 11.9 Å². The molecule has 2 unspecified atom stereocenters. The molecule has 1 fully saturated rings. The van der Waals surface area contributed by atoms with E-state index in [1.807, 2.05) is 36.5 Å². The molecule has 3 aromatic heterocycles. The number of pyridine rings is 1. The number of para-hydroxylation sites is 1. The van der Waals surface area contributed by atoms with Gasteiger partial charge in [-0.05, 0) is 74.8 Å². The summed E-state index contributed by atoms with van der Waals surface area (Å²) in [5, 5.41) is 27.6. The summed E-state index contributed by atoms with van der Waals surface area (Å²) in [7, 11) is 4.17. The number of anilines is 1. The summed E-state index contributed by atoms with van der Waals surface area (Å²) < 4.78 is 0. The highest BCUT2D eigenvalue weighted by Gasteiger charge is 2.24. The minimum absolute atomic E-state index is 0.165. The summed E-state index contributed by atoms with van der Waals surface area (Å²) in [5.74, 6) is 1.82. The maximum atomic E-state index is 9.88. The Morgan fingerprint density at radius 1 is 1.08 bits per heavy atom. The maximum absolute atomic E-state index is 9.88. The molecule has 0 amide bonds. The zero-order chi connectivity index (χ0) is 26.6. The summed E-state index contributed by atoms with van der Waals surface area (Å²) in [6.07, 6.45) is 5.29. The van der Waals surface area contributed by atoms with Gasteiger partial charge in [-0.3, -0.25) is 0 Å². The maximum Gasteiger partial charge on any atom is 0.216 e. The summed E-state index contributed by atoms with van der Waals surface area (Å²) in [6.45, 7) is 5.27. The van der Waals surface area contributed by atoms with Gasteiger partial charge in [0.15, 0.2) is 0 Å². The van der Waals surface area contributed by atoms with E-state index in [4.69, 9.17) is 9.97 Å². The first-order valence-electron chi connectivity index (χ1n) is 13.3. The number of tetrazole rings is 1. The van der Waals surface area contributed by atoms with Gasteiger partial charge in [0.1, 0.15) is 5.82 Å². The summed E-state index contributed by atoms with van der Waals surface area (Å²) in [6, 6.07) is 14.5. The molecule has 0 bridgehead atoms. The van der Waals surface area contributed by atoms with Crippen LogP contribution in [0.5, 0.6) is 0 Å². The average Bonchev–Trinajstić information content (AvgIpc) is 3.60. The monoisotopic (exact) mass is 532 g/mol. The number of rotatable bonds is 9. The van der Waals surface area contributed by atoms with Crippen LogP contribution in [0.3, 0.4) is 0 Å². The van der Waals surface area contributed by atoms with E-state index >= 15 is 0 Å². The molecule has 1 aliphatic carbocycles. The zero-order valence-corrected chi connectivity index (χ0v) is 23.3. The number of benzene rings is 1. The van der Waals surface area contributed by atoms with Crippen molar-refractivity contribution in [3.8, 4) is 16.4 Å². The standard InChI is InChI=1S/C28H36N8OS/c1-18(24-14-20(17-35(3)4)15-26(31-24)30-21-10-12-23(37)13-11-21)19(2)28-29-16-25(38-28)27-32-34-36(33-27)22-8-6-5-7-9-22/h5-9,14-16,18-19,21,23,37H,10-13,17H2,1-4H3,(H,30,31)/t18?,19?,21-,23-. The van der Waals surface area contributed by atoms with Crippen molar-refractivity contribution >= 4 is 17.2 Å². The SMILES string of the molecule is CC(c1cc(CN(C)C)cc(N[C@H]2CC[C@H](O)CC2)n1)C(C)c1ncc(-c2nnn(-c3ccccc3)n2)s1. The first kappa shape index (κ1) is 26.4. The first-order valence-corrected chi connectivity index (χ1v) is 14.1. The minimum atomic E-state index is -0.168. The number of hydrogen-bond acceptors (Lipinski definition) is 9. The predicted molar refractivity (Wildman–Crippen MR) is 151 cm³/mol. The Bertz CT molecular complexity index is 1330. The molecular formula is C28H36N8OS. The number of nitrogens with one attached hydrogen (secondary N) is 1. The Hall–Kier alpha value is -3.21. The smallest absolute Gasteiger partial charge is 0.216 e. The van der Waals surface area contributed by atoms with Crippen LogP contribution in [0.1, 0.15) is 67.6 Å². The lowest BCUT2D eigenvalue weighted by Gasteiger charge is -2.27. The van der Waals surface area contributed by atoms with Gasteiger partial charge in [-0.15, -0.1) is 26.3 Å². The topological polar surface area (TPSA) is 105 Å². The molecule has 0 aliphatic heterocycles. The zero-order valence-electron chi connectivity index (χ0n) is 22.4. The highest BCUT2D eigenvalue weighted by molar-refractivity contribution is 7.15. The quantitative estimate of drug-likeness (QED) is 0.315. The van der Waals surface area contributed by atoms with Crippen molar-refractivity contribution in [1.82, 2.24) is 35.1 Å². The number of nitrogens with zero attached hydrogens (tertiary/aromatic N) is 7. The van der Waals surface area contributed by atoms with Gasteiger partial charge >= 0.3 is 0 Å². The fourth-order valence-electron chi connectivity index (χ4n) is 4.86. The van der Waals surface area contributed by atoms with Gasteiger partial charge in [-0.1, -0.05) is 32.0 Å². The fraction of sp³-hybridized carbons (Fsp3) is 0.464. The average molecular weight is 533 g/mol. The molecule has 9 nitrogen and oxygen atoms in total. The van der Waals surface area contributed by atoms with Crippen molar-refractivity contribution < 1.29 is 5.11 Å². The van der Waals surface area contributed by atoms with E-state index in [2.05, 4.69) is 65.7 Å². The number of aliphatic hydroxyl groups excluding tert-OH is 1. The third-order valence-corrected chi connectivity index (χ3v) is 8.40. The summed E-state index contributed by atoms with van der Waals surface area (Å²) in [5.41, 5.74) is 3.16. The molecule has 2 N–H and O–H groups in total. The highest BCUT2D eigenvalue weighted by atomic mass is 32.1. The van der Waals surface area contributed by atoms with E-state index < -0.39 is 0 Å².